The lowest BCUT2D eigenvalue weighted by molar-refractivity contribution is 0.123. The first-order chi connectivity index (χ1) is 11.2. The zero-order valence-corrected chi connectivity index (χ0v) is 15.5. The minimum absolute atomic E-state index is 0.804. The smallest absolute Gasteiger partial charge is 0.191 e. The van der Waals surface area contributed by atoms with Crippen LogP contribution in [0.5, 0.6) is 0 Å². The Bertz CT molecular complexity index is 497. The molecule has 6 heteroatoms. The fraction of sp³-hybridized carbons (Fsp3) is 0.765. The third kappa shape index (κ3) is 7.31. The minimum atomic E-state index is 0.804. The zero-order chi connectivity index (χ0) is 16.5. The van der Waals surface area contributed by atoms with Crippen LogP contribution in [0.2, 0.25) is 0 Å². The first kappa shape index (κ1) is 18.2. The van der Waals surface area contributed by atoms with Crippen LogP contribution >= 0.6 is 11.3 Å². The van der Waals surface area contributed by atoms with Crippen molar-refractivity contribution in [2.24, 2.45) is 10.9 Å². The predicted molar refractivity (Wildman–Crippen MR) is 97.4 cm³/mol. The number of rotatable bonds is 10. The summed E-state index contributed by atoms with van der Waals surface area (Å²) in [5.41, 5.74) is 1.16. The summed E-state index contributed by atoms with van der Waals surface area (Å²) in [5.74, 6) is 1.74. The van der Waals surface area contributed by atoms with E-state index in [4.69, 9.17) is 4.74 Å². The van der Waals surface area contributed by atoms with Crippen molar-refractivity contribution in [2.45, 2.75) is 46.5 Å². The molecule has 0 spiro atoms. The Morgan fingerprint density at radius 2 is 2.17 bits per heavy atom. The molecule has 0 atom stereocenters. The van der Waals surface area contributed by atoms with E-state index in [1.165, 1.54) is 17.7 Å². The molecule has 0 aromatic carbocycles. The Kier molecular flexibility index (Phi) is 7.82. The number of aliphatic imine (C=N–C) groups is 1. The van der Waals surface area contributed by atoms with Gasteiger partial charge in [0.25, 0.3) is 0 Å². The molecule has 0 aliphatic heterocycles. The molecular weight excluding hydrogens is 308 g/mol. The number of aryl methyl sites for hydroxylation is 2. The van der Waals surface area contributed by atoms with Gasteiger partial charge in [-0.1, -0.05) is 0 Å². The topological polar surface area (TPSA) is 58.5 Å². The van der Waals surface area contributed by atoms with Gasteiger partial charge in [-0.2, -0.15) is 0 Å². The highest BCUT2D eigenvalue weighted by Crippen LogP contribution is 2.28. The van der Waals surface area contributed by atoms with Crippen LogP contribution in [0.3, 0.4) is 0 Å². The summed E-state index contributed by atoms with van der Waals surface area (Å²) in [6, 6.07) is 0. The van der Waals surface area contributed by atoms with Crippen LogP contribution in [0.15, 0.2) is 4.99 Å². The number of aromatic nitrogens is 1. The highest BCUT2D eigenvalue weighted by Gasteiger charge is 2.20. The number of nitrogens with one attached hydrogen (secondary N) is 2. The molecule has 130 valence electrons. The summed E-state index contributed by atoms with van der Waals surface area (Å²) < 4.78 is 5.64. The lowest BCUT2D eigenvalue weighted by Crippen LogP contribution is -2.38. The molecule has 1 aromatic heterocycles. The Morgan fingerprint density at radius 3 is 2.83 bits per heavy atom. The monoisotopic (exact) mass is 338 g/mol. The van der Waals surface area contributed by atoms with E-state index in [2.05, 4.69) is 41.4 Å². The van der Waals surface area contributed by atoms with E-state index in [0.717, 1.165) is 68.3 Å². The van der Waals surface area contributed by atoms with Gasteiger partial charge < -0.3 is 15.4 Å². The van der Waals surface area contributed by atoms with E-state index in [-0.39, 0.29) is 0 Å². The van der Waals surface area contributed by atoms with Gasteiger partial charge in [0.1, 0.15) is 0 Å². The third-order valence-corrected chi connectivity index (χ3v) is 4.89. The maximum atomic E-state index is 5.64. The van der Waals surface area contributed by atoms with Crippen molar-refractivity contribution < 1.29 is 4.74 Å². The maximum Gasteiger partial charge on any atom is 0.191 e. The molecule has 2 N–H and O–H groups in total. The quantitative estimate of drug-likeness (QED) is 0.391. The number of hydrogen-bond acceptors (Lipinski definition) is 4. The fourth-order valence-corrected chi connectivity index (χ4v) is 3.27. The van der Waals surface area contributed by atoms with E-state index >= 15 is 0 Å². The predicted octanol–water partition coefficient (Wildman–Crippen LogP) is 2.67. The van der Waals surface area contributed by atoms with Gasteiger partial charge in [-0.3, -0.25) is 4.99 Å². The molecule has 0 bridgehead atoms. The van der Waals surface area contributed by atoms with Crippen molar-refractivity contribution in [1.29, 1.82) is 0 Å². The average Bonchev–Trinajstić information content (AvgIpc) is 3.28. The summed E-state index contributed by atoms with van der Waals surface area (Å²) >= 11 is 1.79. The van der Waals surface area contributed by atoms with E-state index in [0.29, 0.717) is 0 Å². The summed E-state index contributed by atoms with van der Waals surface area (Å²) in [5, 5.41) is 7.84. The Labute approximate surface area is 144 Å². The van der Waals surface area contributed by atoms with E-state index in [9.17, 15) is 0 Å². The lowest BCUT2D eigenvalue weighted by Gasteiger charge is -2.11. The number of thiazole rings is 1. The van der Waals surface area contributed by atoms with Gasteiger partial charge in [-0.25, -0.2) is 4.98 Å². The van der Waals surface area contributed by atoms with Crippen LogP contribution in [0.1, 0.15) is 41.8 Å². The third-order valence-electron chi connectivity index (χ3n) is 3.76. The van der Waals surface area contributed by atoms with Gasteiger partial charge in [0.05, 0.1) is 10.7 Å². The number of guanidine groups is 1. The first-order valence-electron chi connectivity index (χ1n) is 8.72. The molecule has 1 heterocycles. The summed E-state index contributed by atoms with van der Waals surface area (Å²) in [6.45, 7) is 10.6. The van der Waals surface area contributed by atoms with Crippen LogP contribution in [0.25, 0.3) is 0 Å². The highest BCUT2D eigenvalue weighted by atomic mass is 32.1. The Morgan fingerprint density at radius 1 is 1.35 bits per heavy atom. The molecule has 1 saturated carbocycles. The molecule has 23 heavy (non-hydrogen) atoms. The molecule has 0 radical (unpaired) electrons. The van der Waals surface area contributed by atoms with Crippen molar-refractivity contribution in [2.75, 3.05) is 32.8 Å². The van der Waals surface area contributed by atoms with Crippen molar-refractivity contribution in [1.82, 2.24) is 15.6 Å². The molecule has 1 fully saturated rings. The van der Waals surface area contributed by atoms with E-state index in [1.54, 1.807) is 11.3 Å². The molecule has 0 amide bonds. The van der Waals surface area contributed by atoms with E-state index < -0.39 is 0 Å². The van der Waals surface area contributed by atoms with Crippen molar-refractivity contribution in [3.05, 3.63) is 15.6 Å². The minimum Gasteiger partial charge on any atom is -0.381 e. The molecule has 0 unspecified atom stereocenters. The van der Waals surface area contributed by atoms with Gasteiger partial charge in [0.2, 0.25) is 0 Å². The molecule has 2 rings (SSSR count). The molecule has 1 aliphatic carbocycles. The van der Waals surface area contributed by atoms with Crippen LogP contribution in [0.4, 0.5) is 0 Å². The number of ether oxygens (including phenoxy) is 1. The molecule has 1 aromatic rings. The zero-order valence-electron chi connectivity index (χ0n) is 14.7. The Balaban J connectivity index is 1.63. The molecular formula is C17H30N4OS. The summed E-state index contributed by atoms with van der Waals surface area (Å²) in [4.78, 5) is 10.4. The summed E-state index contributed by atoms with van der Waals surface area (Å²) in [6.07, 6.45) is 4.68. The average molecular weight is 339 g/mol. The van der Waals surface area contributed by atoms with Crippen molar-refractivity contribution in [3.63, 3.8) is 0 Å². The van der Waals surface area contributed by atoms with Gasteiger partial charge in [-0.05, 0) is 46.0 Å². The van der Waals surface area contributed by atoms with Gasteiger partial charge in [0, 0.05) is 44.1 Å². The second-order valence-electron chi connectivity index (χ2n) is 6.05. The molecule has 0 saturated heterocycles. The van der Waals surface area contributed by atoms with Crippen molar-refractivity contribution in [3.8, 4) is 0 Å². The second-order valence-corrected chi connectivity index (χ2v) is 7.34. The second kappa shape index (κ2) is 9.88. The Hall–Kier alpha value is -1.14. The normalized spacial score (nSPS) is 15.0. The molecule has 1 aliphatic rings. The number of hydrogen-bond donors (Lipinski definition) is 2. The first-order valence-corrected chi connectivity index (χ1v) is 9.53. The van der Waals surface area contributed by atoms with Crippen LogP contribution in [-0.2, 0) is 11.2 Å². The van der Waals surface area contributed by atoms with Crippen LogP contribution < -0.4 is 10.6 Å². The summed E-state index contributed by atoms with van der Waals surface area (Å²) in [7, 11) is 0. The molecule has 5 nitrogen and oxygen atoms in total. The number of nitrogens with zero attached hydrogens (tertiary/aromatic N) is 2. The van der Waals surface area contributed by atoms with Crippen LogP contribution in [-0.4, -0.2) is 43.8 Å². The fourth-order valence-electron chi connectivity index (χ4n) is 2.33. The lowest BCUT2D eigenvalue weighted by atomic mass is 10.3. The van der Waals surface area contributed by atoms with Gasteiger partial charge >= 0.3 is 0 Å². The maximum absolute atomic E-state index is 5.64. The van der Waals surface area contributed by atoms with Crippen LogP contribution in [0, 0.1) is 19.8 Å². The van der Waals surface area contributed by atoms with Gasteiger partial charge in [-0.15, -0.1) is 11.3 Å². The standard InChI is InChI=1S/C17H30N4OS/c1-4-18-17(19-9-5-11-22-12-15-6-7-15)20-10-8-16-13(2)21-14(3)23-16/h15H,4-12H2,1-3H3,(H2,18,19,20). The SMILES string of the molecule is CCNC(=NCCCOCC1CC1)NCCc1sc(C)nc1C. The van der Waals surface area contributed by atoms with E-state index in [1.807, 2.05) is 0 Å². The highest BCUT2D eigenvalue weighted by molar-refractivity contribution is 7.11. The largest absolute Gasteiger partial charge is 0.381 e. The van der Waals surface area contributed by atoms with Crippen molar-refractivity contribution >= 4 is 17.3 Å². The van der Waals surface area contributed by atoms with Gasteiger partial charge in [0.15, 0.2) is 5.96 Å².